The van der Waals surface area contributed by atoms with Crippen molar-refractivity contribution in [2.45, 2.75) is 18.9 Å². The molecule has 0 atom stereocenters. The Bertz CT molecular complexity index is 1020. The van der Waals surface area contributed by atoms with Gasteiger partial charge >= 0.3 is 0 Å². The van der Waals surface area contributed by atoms with E-state index in [2.05, 4.69) is 16.4 Å². The van der Waals surface area contributed by atoms with Crippen LogP contribution in [-0.4, -0.2) is 65.1 Å². The fraction of sp³-hybridized carbons (Fsp3) is 0.364. The van der Waals surface area contributed by atoms with Crippen LogP contribution in [0.5, 0.6) is 0 Å². The Balaban J connectivity index is 1.46. The highest BCUT2D eigenvalue weighted by atomic mass is 32.2. The molecule has 1 aliphatic heterocycles. The summed E-state index contributed by atoms with van der Waals surface area (Å²) in [5, 5.41) is 12.6. The van der Waals surface area contributed by atoms with E-state index in [1.165, 1.54) is 23.9 Å². The van der Waals surface area contributed by atoms with Gasteiger partial charge in [-0.25, -0.2) is 9.37 Å². The van der Waals surface area contributed by atoms with Crippen molar-refractivity contribution in [3.8, 4) is 6.07 Å². The van der Waals surface area contributed by atoms with Crippen molar-refractivity contribution in [2.24, 2.45) is 0 Å². The van der Waals surface area contributed by atoms with Crippen LogP contribution >= 0.6 is 11.8 Å². The molecule has 31 heavy (non-hydrogen) atoms. The summed E-state index contributed by atoms with van der Waals surface area (Å²) in [7, 11) is 0. The average Bonchev–Trinajstić information content (AvgIpc) is 2.72. The van der Waals surface area contributed by atoms with Gasteiger partial charge < -0.3 is 10.2 Å². The normalized spacial score (nSPS) is 14.2. The Morgan fingerprint density at radius 2 is 1.97 bits per heavy atom. The maximum absolute atomic E-state index is 13.2. The van der Waals surface area contributed by atoms with Gasteiger partial charge in [-0.05, 0) is 43.7 Å². The van der Waals surface area contributed by atoms with Crippen LogP contribution in [0.1, 0.15) is 16.8 Å². The molecule has 0 spiro atoms. The number of anilines is 1. The number of aromatic nitrogens is 1. The first-order chi connectivity index (χ1) is 14.9. The van der Waals surface area contributed by atoms with Gasteiger partial charge in [0.05, 0.1) is 17.9 Å². The summed E-state index contributed by atoms with van der Waals surface area (Å²) in [6, 6.07) is 9.79. The largest absolute Gasteiger partial charge is 0.339 e. The summed E-state index contributed by atoms with van der Waals surface area (Å²) >= 11 is 1.28. The highest BCUT2D eigenvalue weighted by Crippen LogP contribution is 2.24. The fourth-order valence-electron chi connectivity index (χ4n) is 3.39. The second-order valence-corrected chi connectivity index (χ2v) is 8.34. The summed E-state index contributed by atoms with van der Waals surface area (Å²) in [4.78, 5) is 32.9. The molecule has 0 bridgehead atoms. The average molecular weight is 442 g/mol. The third-order valence-corrected chi connectivity index (χ3v) is 5.92. The summed E-state index contributed by atoms with van der Waals surface area (Å²) in [5.41, 5.74) is 2.61. The quantitative estimate of drug-likeness (QED) is 0.693. The number of piperazine rings is 1. The highest BCUT2D eigenvalue weighted by molar-refractivity contribution is 8.00. The third kappa shape index (κ3) is 6.26. The van der Waals surface area contributed by atoms with Crippen molar-refractivity contribution in [3.63, 3.8) is 0 Å². The lowest BCUT2D eigenvalue weighted by Crippen LogP contribution is -2.50. The van der Waals surface area contributed by atoms with E-state index in [0.29, 0.717) is 42.5 Å². The van der Waals surface area contributed by atoms with Crippen LogP contribution in [-0.2, 0) is 9.59 Å². The van der Waals surface area contributed by atoms with Gasteiger partial charge in [0.1, 0.15) is 16.9 Å². The molecule has 162 valence electrons. The van der Waals surface area contributed by atoms with Crippen LogP contribution in [0.3, 0.4) is 0 Å². The van der Waals surface area contributed by atoms with E-state index in [0.717, 1.165) is 11.3 Å². The van der Waals surface area contributed by atoms with Crippen molar-refractivity contribution in [2.75, 3.05) is 43.8 Å². The molecule has 2 amide bonds. The van der Waals surface area contributed by atoms with E-state index in [9.17, 15) is 19.2 Å². The number of halogens is 1. The lowest BCUT2D eigenvalue weighted by atomic mass is 10.1. The van der Waals surface area contributed by atoms with Gasteiger partial charge in [-0.15, -0.1) is 0 Å². The molecule has 0 radical (unpaired) electrons. The minimum Gasteiger partial charge on any atom is -0.339 e. The monoisotopic (exact) mass is 441 g/mol. The van der Waals surface area contributed by atoms with Crippen molar-refractivity contribution in [1.82, 2.24) is 14.8 Å². The molecule has 3 rings (SSSR count). The van der Waals surface area contributed by atoms with Crippen LogP contribution in [0.2, 0.25) is 0 Å². The Morgan fingerprint density at radius 1 is 1.23 bits per heavy atom. The molecule has 0 saturated carbocycles. The Hall–Kier alpha value is -2.96. The minimum absolute atomic E-state index is 0.0151. The number of hydrogen-bond donors (Lipinski definition) is 1. The second-order valence-electron chi connectivity index (χ2n) is 7.38. The molecule has 2 aromatic rings. The number of amides is 2. The van der Waals surface area contributed by atoms with Crippen LogP contribution in [0.25, 0.3) is 0 Å². The molecule has 1 aromatic carbocycles. The van der Waals surface area contributed by atoms with Gasteiger partial charge in [0.25, 0.3) is 0 Å². The zero-order valence-corrected chi connectivity index (χ0v) is 18.3. The number of nitriles is 1. The molecule has 1 aromatic heterocycles. The first kappa shape index (κ1) is 22.7. The first-order valence-electron chi connectivity index (χ1n) is 9.92. The Morgan fingerprint density at radius 3 is 2.65 bits per heavy atom. The maximum atomic E-state index is 13.2. The van der Waals surface area contributed by atoms with Crippen molar-refractivity contribution < 1.29 is 14.0 Å². The highest BCUT2D eigenvalue weighted by Gasteiger charge is 2.23. The van der Waals surface area contributed by atoms with Crippen molar-refractivity contribution in [1.29, 1.82) is 5.26 Å². The third-order valence-electron chi connectivity index (χ3n) is 4.96. The summed E-state index contributed by atoms with van der Waals surface area (Å²) in [6.45, 7) is 6.13. The number of hydrogen-bond acceptors (Lipinski definition) is 6. The number of thioether (sulfide) groups is 1. The molecular weight excluding hydrogens is 417 g/mol. The predicted molar refractivity (Wildman–Crippen MR) is 117 cm³/mol. The number of benzene rings is 1. The molecule has 1 fully saturated rings. The number of carbonyl (C=O) groups is 2. The Kier molecular flexibility index (Phi) is 7.60. The summed E-state index contributed by atoms with van der Waals surface area (Å²) in [5.74, 6) is -0.421. The van der Waals surface area contributed by atoms with Gasteiger partial charge in [-0.3, -0.25) is 14.5 Å². The van der Waals surface area contributed by atoms with Gasteiger partial charge in [-0.2, -0.15) is 5.26 Å². The molecule has 0 unspecified atom stereocenters. The number of rotatable bonds is 6. The maximum Gasteiger partial charge on any atom is 0.238 e. The standard InChI is InChI=1S/C22H24FN5O2S/c1-15-10-16(2)25-22(19(15)12-24)31-14-21(30)28-8-6-27(7-9-28)13-20(29)26-18-5-3-4-17(23)11-18/h3-5,10-11H,6-9,13-14H2,1-2H3,(H,26,29). The van der Waals surface area contributed by atoms with E-state index in [-0.39, 0.29) is 24.1 Å². The van der Waals surface area contributed by atoms with E-state index >= 15 is 0 Å². The van der Waals surface area contributed by atoms with E-state index in [1.807, 2.05) is 24.8 Å². The van der Waals surface area contributed by atoms with E-state index < -0.39 is 5.82 Å². The number of aryl methyl sites for hydroxylation is 2. The molecule has 9 heteroatoms. The lowest BCUT2D eigenvalue weighted by molar-refractivity contribution is -0.130. The molecule has 7 nitrogen and oxygen atoms in total. The number of carbonyl (C=O) groups excluding carboxylic acids is 2. The lowest BCUT2D eigenvalue weighted by Gasteiger charge is -2.34. The smallest absolute Gasteiger partial charge is 0.238 e. The molecular formula is C22H24FN5O2S. The van der Waals surface area contributed by atoms with Gasteiger partial charge in [0, 0.05) is 37.6 Å². The molecule has 2 heterocycles. The van der Waals surface area contributed by atoms with Gasteiger partial charge in [0.2, 0.25) is 11.8 Å². The first-order valence-corrected chi connectivity index (χ1v) is 10.9. The van der Waals surface area contributed by atoms with Gasteiger partial charge in [0.15, 0.2) is 0 Å². The number of nitrogens with one attached hydrogen (secondary N) is 1. The van der Waals surface area contributed by atoms with Crippen LogP contribution in [0.4, 0.5) is 10.1 Å². The van der Waals surface area contributed by atoms with Crippen LogP contribution < -0.4 is 5.32 Å². The zero-order valence-electron chi connectivity index (χ0n) is 17.5. The topological polar surface area (TPSA) is 89.3 Å². The second kappa shape index (κ2) is 10.4. The number of nitrogens with zero attached hydrogens (tertiary/aromatic N) is 4. The molecule has 0 aliphatic carbocycles. The summed E-state index contributed by atoms with van der Waals surface area (Å²) < 4.78 is 13.2. The fourth-order valence-corrected chi connectivity index (χ4v) is 4.39. The van der Waals surface area contributed by atoms with Crippen LogP contribution in [0.15, 0.2) is 35.4 Å². The zero-order chi connectivity index (χ0) is 22.4. The van der Waals surface area contributed by atoms with Gasteiger partial charge in [-0.1, -0.05) is 17.8 Å². The molecule has 1 N–H and O–H groups in total. The van der Waals surface area contributed by atoms with E-state index in [1.54, 1.807) is 17.0 Å². The van der Waals surface area contributed by atoms with E-state index in [4.69, 9.17) is 0 Å². The predicted octanol–water partition coefficient (Wildman–Crippen LogP) is 2.58. The van der Waals surface area contributed by atoms with Crippen LogP contribution in [0, 0.1) is 31.0 Å². The van der Waals surface area contributed by atoms with Crippen molar-refractivity contribution >= 4 is 29.3 Å². The summed E-state index contributed by atoms with van der Waals surface area (Å²) in [6.07, 6.45) is 0. The molecule has 1 aliphatic rings. The Labute approximate surface area is 185 Å². The minimum atomic E-state index is -0.402. The SMILES string of the molecule is Cc1cc(C)c(C#N)c(SCC(=O)N2CCN(CC(=O)Nc3cccc(F)c3)CC2)n1. The molecule has 1 saturated heterocycles. The number of pyridine rings is 1. The van der Waals surface area contributed by atoms with Crippen molar-refractivity contribution in [3.05, 3.63) is 53.0 Å².